The van der Waals surface area contributed by atoms with Gasteiger partial charge in [-0.3, -0.25) is 0 Å². The van der Waals surface area contributed by atoms with Gasteiger partial charge in [-0.15, -0.1) is 0 Å². The highest BCUT2D eigenvalue weighted by molar-refractivity contribution is 5.83. The second-order valence-electron chi connectivity index (χ2n) is 5.56. The highest BCUT2D eigenvalue weighted by Crippen LogP contribution is 2.19. The van der Waals surface area contributed by atoms with E-state index < -0.39 is 23.5 Å². The van der Waals surface area contributed by atoms with Gasteiger partial charge < -0.3 is 15.7 Å². The van der Waals surface area contributed by atoms with E-state index in [1.165, 1.54) is 0 Å². The Balaban J connectivity index is 2.57. The van der Waals surface area contributed by atoms with Crippen molar-refractivity contribution in [1.82, 2.24) is 20.6 Å². The minimum atomic E-state index is -1.06. The first-order valence-electron chi connectivity index (χ1n) is 6.26. The van der Waals surface area contributed by atoms with Crippen LogP contribution in [0.2, 0.25) is 0 Å². The molecule has 0 aliphatic heterocycles. The Morgan fingerprint density at radius 3 is 2.55 bits per heavy atom. The Bertz CT molecular complexity index is 497. The maximum atomic E-state index is 11.7. The zero-order valence-electron chi connectivity index (χ0n) is 12.1. The molecule has 0 spiro atoms. The number of hydrogen-bond acceptors (Lipinski definition) is 4. The van der Waals surface area contributed by atoms with Crippen LogP contribution < -0.4 is 10.6 Å². The summed E-state index contributed by atoms with van der Waals surface area (Å²) in [5.74, 6) is -0.451. The van der Waals surface area contributed by atoms with E-state index in [1.54, 1.807) is 40.0 Å². The van der Waals surface area contributed by atoms with Crippen molar-refractivity contribution in [1.29, 1.82) is 0 Å². The standard InChI is InChI=1S/C13H20N4O3/c1-8-14-6-5-9(16-8)7-15-12(20)17-10(11(18)19)13(2,3)4/h5-6,10H,7H2,1-4H3,(H,18,19)(H2,15,17,20)/t10-/m0/s1. The molecule has 1 rings (SSSR count). The van der Waals surface area contributed by atoms with Crippen LogP contribution in [0.5, 0.6) is 0 Å². The van der Waals surface area contributed by atoms with Gasteiger partial charge in [0.15, 0.2) is 0 Å². The van der Waals surface area contributed by atoms with Crippen LogP contribution in [0.25, 0.3) is 0 Å². The number of carboxylic acids is 1. The summed E-state index contributed by atoms with van der Waals surface area (Å²) >= 11 is 0. The number of aliphatic carboxylic acids is 1. The van der Waals surface area contributed by atoms with Crippen LogP contribution in [0.15, 0.2) is 12.3 Å². The van der Waals surface area contributed by atoms with Gasteiger partial charge in [-0.05, 0) is 18.4 Å². The fourth-order valence-electron chi connectivity index (χ4n) is 1.61. The largest absolute Gasteiger partial charge is 0.480 e. The lowest BCUT2D eigenvalue weighted by molar-refractivity contribution is -0.141. The van der Waals surface area contributed by atoms with Crippen molar-refractivity contribution in [3.63, 3.8) is 0 Å². The first kappa shape index (κ1) is 15.9. The highest BCUT2D eigenvalue weighted by atomic mass is 16.4. The van der Waals surface area contributed by atoms with E-state index >= 15 is 0 Å². The van der Waals surface area contributed by atoms with E-state index in [1.807, 2.05) is 0 Å². The number of hydrogen-bond donors (Lipinski definition) is 3. The number of aromatic nitrogens is 2. The molecule has 0 unspecified atom stereocenters. The Morgan fingerprint density at radius 1 is 1.40 bits per heavy atom. The van der Waals surface area contributed by atoms with Crippen molar-refractivity contribution in [3.05, 3.63) is 23.8 Å². The van der Waals surface area contributed by atoms with Gasteiger partial charge >= 0.3 is 12.0 Å². The third-order valence-electron chi connectivity index (χ3n) is 2.65. The molecule has 20 heavy (non-hydrogen) atoms. The quantitative estimate of drug-likeness (QED) is 0.765. The minimum Gasteiger partial charge on any atom is -0.480 e. The van der Waals surface area contributed by atoms with Gasteiger partial charge in [0.25, 0.3) is 0 Å². The predicted octanol–water partition coefficient (Wildman–Crippen LogP) is 1.08. The fourth-order valence-corrected chi connectivity index (χ4v) is 1.61. The van der Waals surface area contributed by atoms with E-state index in [0.717, 1.165) is 0 Å². The number of aryl methyl sites for hydroxylation is 1. The van der Waals surface area contributed by atoms with E-state index in [-0.39, 0.29) is 6.54 Å². The van der Waals surface area contributed by atoms with Crippen LogP contribution in [0.4, 0.5) is 4.79 Å². The topological polar surface area (TPSA) is 104 Å². The van der Waals surface area contributed by atoms with Gasteiger partial charge in [0.2, 0.25) is 0 Å². The molecular weight excluding hydrogens is 260 g/mol. The van der Waals surface area contributed by atoms with Gasteiger partial charge in [0.05, 0.1) is 12.2 Å². The summed E-state index contributed by atoms with van der Waals surface area (Å²) in [7, 11) is 0. The summed E-state index contributed by atoms with van der Waals surface area (Å²) in [5, 5.41) is 14.1. The Labute approximate surface area is 117 Å². The van der Waals surface area contributed by atoms with Crippen LogP contribution in [0.3, 0.4) is 0 Å². The molecule has 0 aromatic carbocycles. The number of carbonyl (C=O) groups is 2. The molecule has 0 bridgehead atoms. The first-order valence-corrected chi connectivity index (χ1v) is 6.26. The second-order valence-corrected chi connectivity index (χ2v) is 5.56. The van der Waals surface area contributed by atoms with E-state index in [0.29, 0.717) is 11.5 Å². The van der Waals surface area contributed by atoms with Gasteiger partial charge in [0, 0.05) is 6.20 Å². The van der Waals surface area contributed by atoms with Gasteiger partial charge in [0.1, 0.15) is 11.9 Å². The van der Waals surface area contributed by atoms with Crippen molar-refractivity contribution < 1.29 is 14.7 Å². The molecule has 0 aliphatic carbocycles. The normalized spacial score (nSPS) is 12.6. The van der Waals surface area contributed by atoms with Crippen molar-refractivity contribution >= 4 is 12.0 Å². The third-order valence-corrected chi connectivity index (χ3v) is 2.65. The smallest absolute Gasteiger partial charge is 0.326 e. The lowest BCUT2D eigenvalue weighted by Gasteiger charge is -2.27. The number of rotatable bonds is 4. The summed E-state index contributed by atoms with van der Waals surface area (Å²) in [6.07, 6.45) is 1.60. The molecule has 1 atom stereocenters. The molecule has 0 radical (unpaired) electrons. The maximum absolute atomic E-state index is 11.7. The number of carboxylic acid groups (broad SMARTS) is 1. The molecule has 3 N–H and O–H groups in total. The Kier molecular flexibility index (Phi) is 5.01. The molecule has 0 saturated heterocycles. The SMILES string of the molecule is Cc1nccc(CNC(=O)N[C@@H](C(=O)O)C(C)(C)C)n1. The van der Waals surface area contributed by atoms with Crippen LogP contribution in [-0.4, -0.2) is 33.1 Å². The van der Waals surface area contributed by atoms with E-state index in [4.69, 9.17) is 5.11 Å². The monoisotopic (exact) mass is 280 g/mol. The molecule has 110 valence electrons. The Morgan fingerprint density at radius 2 is 2.05 bits per heavy atom. The molecular formula is C13H20N4O3. The van der Waals surface area contributed by atoms with Crippen molar-refractivity contribution in [2.75, 3.05) is 0 Å². The first-order chi connectivity index (χ1) is 9.20. The second kappa shape index (κ2) is 6.31. The van der Waals surface area contributed by atoms with Crippen LogP contribution >= 0.6 is 0 Å². The van der Waals surface area contributed by atoms with Gasteiger partial charge in [-0.1, -0.05) is 20.8 Å². The van der Waals surface area contributed by atoms with Crippen molar-refractivity contribution in [3.8, 4) is 0 Å². The average Bonchev–Trinajstić information content (AvgIpc) is 2.31. The van der Waals surface area contributed by atoms with Crippen LogP contribution in [0.1, 0.15) is 32.3 Å². The summed E-state index contributed by atoms with van der Waals surface area (Å²) in [5.41, 5.74) is 0.0876. The minimum absolute atomic E-state index is 0.214. The molecule has 7 heteroatoms. The molecule has 1 aromatic heterocycles. The van der Waals surface area contributed by atoms with Gasteiger partial charge in [-0.25, -0.2) is 19.6 Å². The summed E-state index contributed by atoms with van der Waals surface area (Å²) in [6, 6.07) is 0.185. The highest BCUT2D eigenvalue weighted by Gasteiger charge is 2.32. The summed E-state index contributed by atoms with van der Waals surface area (Å²) < 4.78 is 0. The molecule has 2 amide bonds. The maximum Gasteiger partial charge on any atom is 0.326 e. The fraction of sp³-hybridized carbons (Fsp3) is 0.538. The summed E-state index contributed by atoms with van der Waals surface area (Å²) in [6.45, 7) is 7.22. The molecule has 1 aromatic rings. The van der Waals surface area contributed by atoms with Crippen molar-refractivity contribution in [2.24, 2.45) is 5.41 Å². The zero-order valence-corrected chi connectivity index (χ0v) is 12.1. The zero-order chi connectivity index (χ0) is 15.3. The predicted molar refractivity (Wildman–Crippen MR) is 73.0 cm³/mol. The van der Waals surface area contributed by atoms with Crippen LogP contribution in [0, 0.1) is 12.3 Å². The van der Waals surface area contributed by atoms with Crippen LogP contribution in [-0.2, 0) is 11.3 Å². The molecule has 0 aliphatic rings. The average molecular weight is 280 g/mol. The van der Waals surface area contributed by atoms with E-state index in [2.05, 4.69) is 20.6 Å². The number of nitrogens with one attached hydrogen (secondary N) is 2. The molecule has 0 fully saturated rings. The van der Waals surface area contributed by atoms with E-state index in [9.17, 15) is 9.59 Å². The summed E-state index contributed by atoms with van der Waals surface area (Å²) in [4.78, 5) is 31.0. The number of nitrogens with zero attached hydrogens (tertiary/aromatic N) is 2. The lowest BCUT2D eigenvalue weighted by atomic mass is 9.87. The number of carbonyl (C=O) groups excluding carboxylic acids is 1. The molecule has 1 heterocycles. The van der Waals surface area contributed by atoms with Gasteiger partial charge in [-0.2, -0.15) is 0 Å². The lowest BCUT2D eigenvalue weighted by Crippen LogP contribution is -2.52. The molecule has 0 saturated carbocycles. The third kappa shape index (κ3) is 4.83. The molecule has 7 nitrogen and oxygen atoms in total. The number of urea groups is 1. The Hall–Kier alpha value is -2.18. The number of amides is 2. The van der Waals surface area contributed by atoms with Crippen molar-refractivity contribution in [2.45, 2.75) is 40.3 Å².